The standard InChI is InChI=1S/C18H22O4/c1-4-12-18(13-21-16(19)5-2,14-22-17(20)6-3)15-10-8-7-9-11-15/h5-11H,2-4,12-14H2,1H3. The molecular formula is C18H22O4. The predicted molar refractivity (Wildman–Crippen MR) is 85.3 cm³/mol. The summed E-state index contributed by atoms with van der Waals surface area (Å²) in [5.74, 6) is -0.988. The van der Waals surface area contributed by atoms with E-state index in [9.17, 15) is 9.59 Å². The molecule has 0 unspecified atom stereocenters. The van der Waals surface area contributed by atoms with E-state index in [1.807, 2.05) is 37.3 Å². The summed E-state index contributed by atoms with van der Waals surface area (Å²) in [4.78, 5) is 22.8. The Morgan fingerprint density at radius 1 is 1.05 bits per heavy atom. The highest BCUT2D eigenvalue weighted by Gasteiger charge is 2.34. The maximum Gasteiger partial charge on any atom is 0.330 e. The minimum Gasteiger partial charge on any atom is -0.461 e. The maximum absolute atomic E-state index is 11.4. The highest BCUT2D eigenvalue weighted by molar-refractivity contribution is 5.81. The molecule has 1 aromatic rings. The summed E-state index contributed by atoms with van der Waals surface area (Å²) in [5.41, 5.74) is 0.387. The Morgan fingerprint density at radius 2 is 1.55 bits per heavy atom. The van der Waals surface area contributed by atoms with E-state index in [2.05, 4.69) is 13.2 Å². The van der Waals surface area contributed by atoms with Crippen LogP contribution < -0.4 is 0 Å². The third-order valence-electron chi connectivity index (χ3n) is 3.43. The van der Waals surface area contributed by atoms with Gasteiger partial charge in [0, 0.05) is 12.2 Å². The number of carbonyl (C=O) groups is 2. The molecule has 0 aliphatic heterocycles. The van der Waals surface area contributed by atoms with Crippen LogP contribution in [0.15, 0.2) is 55.6 Å². The molecule has 0 spiro atoms. The third kappa shape index (κ3) is 4.88. The van der Waals surface area contributed by atoms with Crippen molar-refractivity contribution in [2.45, 2.75) is 25.2 Å². The van der Waals surface area contributed by atoms with E-state index in [4.69, 9.17) is 9.47 Å². The molecule has 0 aliphatic carbocycles. The van der Waals surface area contributed by atoms with E-state index in [1.165, 1.54) is 0 Å². The van der Waals surface area contributed by atoms with E-state index in [1.54, 1.807) is 0 Å². The molecule has 0 aromatic heterocycles. The van der Waals surface area contributed by atoms with Crippen molar-refractivity contribution in [3.63, 3.8) is 0 Å². The van der Waals surface area contributed by atoms with Crippen molar-refractivity contribution in [1.29, 1.82) is 0 Å². The molecule has 1 rings (SSSR count). The van der Waals surface area contributed by atoms with Crippen LogP contribution in [-0.4, -0.2) is 25.2 Å². The molecule has 0 amide bonds. The fourth-order valence-electron chi connectivity index (χ4n) is 2.30. The van der Waals surface area contributed by atoms with Crippen LogP contribution in [0.1, 0.15) is 25.3 Å². The Balaban J connectivity index is 3.06. The summed E-state index contributed by atoms with van der Waals surface area (Å²) in [5, 5.41) is 0. The van der Waals surface area contributed by atoms with E-state index in [0.29, 0.717) is 6.42 Å². The van der Waals surface area contributed by atoms with Crippen molar-refractivity contribution in [1.82, 2.24) is 0 Å². The topological polar surface area (TPSA) is 52.6 Å². The predicted octanol–water partition coefficient (Wildman–Crippen LogP) is 3.18. The summed E-state index contributed by atoms with van der Waals surface area (Å²) >= 11 is 0. The summed E-state index contributed by atoms with van der Waals surface area (Å²) in [7, 11) is 0. The Hall–Kier alpha value is -2.36. The summed E-state index contributed by atoms with van der Waals surface area (Å²) in [6, 6.07) is 9.61. The van der Waals surface area contributed by atoms with Crippen LogP contribution >= 0.6 is 0 Å². The average molecular weight is 302 g/mol. The van der Waals surface area contributed by atoms with E-state index in [0.717, 1.165) is 24.1 Å². The fraction of sp³-hybridized carbons (Fsp3) is 0.333. The number of hydrogen-bond donors (Lipinski definition) is 0. The van der Waals surface area contributed by atoms with Crippen LogP contribution in [0, 0.1) is 0 Å². The quantitative estimate of drug-likeness (QED) is 0.519. The van der Waals surface area contributed by atoms with Crippen LogP contribution in [0.25, 0.3) is 0 Å². The van der Waals surface area contributed by atoms with Gasteiger partial charge in [-0.05, 0) is 12.0 Å². The number of esters is 2. The van der Waals surface area contributed by atoms with Crippen molar-refractivity contribution in [2.24, 2.45) is 0 Å². The second-order valence-corrected chi connectivity index (χ2v) is 5.02. The SMILES string of the molecule is C=CC(=O)OCC(CCC)(COC(=O)C=C)c1ccccc1. The average Bonchev–Trinajstić information content (AvgIpc) is 2.57. The lowest BCUT2D eigenvalue weighted by Crippen LogP contribution is -2.38. The van der Waals surface area contributed by atoms with Gasteiger partial charge >= 0.3 is 11.9 Å². The zero-order valence-corrected chi connectivity index (χ0v) is 12.9. The largest absolute Gasteiger partial charge is 0.461 e. The third-order valence-corrected chi connectivity index (χ3v) is 3.43. The van der Waals surface area contributed by atoms with Gasteiger partial charge in [0.15, 0.2) is 0 Å². The minimum absolute atomic E-state index is 0.125. The highest BCUT2D eigenvalue weighted by atomic mass is 16.5. The smallest absolute Gasteiger partial charge is 0.330 e. The summed E-state index contributed by atoms with van der Waals surface area (Å²) < 4.78 is 10.5. The molecule has 0 fully saturated rings. The molecule has 22 heavy (non-hydrogen) atoms. The number of rotatable bonds is 9. The molecule has 118 valence electrons. The monoisotopic (exact) mass is 302 g/mol. The number of carbonyl (C=O) groups excluding carboxylic acids is 2. The lowest BCUT2D eigenvalue weighted by atomic mass is 9.78. The second kappa shape index (κ2) is 8.82. The van der Waals surface area contributed by atoms with Crippen LogP contribution in [0.3, 0.4) is 0 Å². The van der Waals surface area contributed by atoms with Crippen molar-refractivity contribution >= 4 is 11.9 Å². The van der Waals surface area contributed by atoms with Gasteiger partial charge in [-0.1, -0.05) is 56.8 Å². The normalized spacial score (nSPS) is 10.6. The lowest BCUT2D eigenvalue weighted by molar-refractivity contribution is -0.144. The first-order chi connectivity index (χ1) is 10.6. The minimum atomic E-state index is -0.576. The molecule has 0 N–H and O–H groups in total. The Kier molecular flexibility index (Phi) is 7.09. The van der Waals surface area contributed by atoms with Crippen LogP contribution in [-0.2, 0) is 24.5 Å². The molecule has 0 saturated carbocycles. The van der Waals surface area contributed by atoms with Gasteiger partial charge in [0.25, 0.3) is 0 Å². The zero-order valence-electron chi connectivity index (χ0n) is 12.9. The van der Waals surface area contributed by atoms with Gasteiger partial charge in [0.05, 0.1) is 5.41 Å². The Bertz CT molecular complexity index is 495. The van der Waals surface area contributed by atoms with Gasteiger partial charge in [0.2, 0.25) is 0 Å². The lowest BCUT2D eigenvalue weighted by Gasteiger charge is -2.33. The molecular weight excluding hydrogens is 280 g/mol. The van der Waals surface area contributed by atoms with Gasteiger partial charge in [-0.25, -0.2) is 9.59 Å². The van der Waals surface area contributed by atoms with Crippen molar-refractivity contribution < 1.29 is 19.1 Å². The zero-order chi connectivity index (χ0) is 16.4. The number of benzene rings is 1. The molecule has 0 saturated heterocycles. The summed E-state index contributed by atoms with van der Waals surface area (Å²) in [6.45, 7) is 9.07. The van der Waals surface area contributed by atoms with E-state index in [-0.39, 0.29) is 13.2 Å². The van der Waals surface area contributed by atoms with Crippen LogP contribution in [0.2, 0.25) is 0 Å². The summed E-state index contributed by atoms with van der Waals surface area (Å²) in [6.07, 6.45) is 3.81. The number of ether oxygens (including phenoxy) is 2. The first-order valence-electron chi connectivity index (χ1n) is 7.22. The fourth-order valence-corrected chi connectivity index (χ4v) is 2.30. The van der Waals surface area contributed by atoms with Crippen molar-refractivity contribution in [3.05, 3.63) is 61.2 Å². The van der Waals surface area contributed by atoms with Crippen LogP contribution in [0.4, 0.5) is 0 Å². The molecule has 0 bridgehead atoms. The molecule has 0 atom stereocenters. The van der Waals surface area contributed by atoms with E-state index < -0.39 is 17.4 Å². The maximum atomic E-state index is 11.4. The first-order valence-corrected chi connectivity index (χ1v) is 7.22. The highest BCUT2D eigenvalue weighted by Crippen LogP contribution is 2.31. The number of hydrogen-bond acceptors (Lipinski definition) is 4. The molecule has 0 heterocycles. The molecule has 1 aromatic carbocycles. The van der Waals surface area contributed by atoms with Crippen molar-refractivity contribution in [3.8, 4) is 0 Å². The molecule has 0 aliphatic rings. The Labute approximate surface area is 131 Å². The van der Waals surface area contributed by atoms with E-state index >= 15 is 0 Å². The van der Waals surface area contributed by atoms with Gasteiger partial charge in [0.1, 0.15) is 13.2 Å². The molecule has 0 radical (unpaired) electrons. The van der Waals surface area contributed by atoms with Crippen molar-refractivity contribution in [2.75, 3.05) is 13.2 Å². The second-order valence-electron chi connectivity index (χ2n) is 5.02. The van der Waals surface area contributed by atoms with Gasteiger partial charge in [-0.2, -0.15) is 0 Å². The molecule has 4 heteroatoms. The first kappa shape index (κ1) is 17.7. The van der Waals surface area contributed by atoms with Gasteiger partial charge in [-0.3, -0.25) is 0 Å². The van der Waals surface area contributed by atoms with Gasteiger partial charge in [-0.15, -0.1) is 0 Å². The van der Waals surface area contributed by atoms with Crippen LogP contribution in [0.5, 0.6) is 0 Å². The Morgan fingerprint density at radius 3 is 1.95 bits per heavy atom. The van der Waals surface area contributed by atoms with Gasteiger partial charge < -0.3 is 9.47 Å². The molecule has 4 nitrogen and oxygen atoms in total.